The van der Waals surface area contributed by atoms with E-state index in [1.807, 2.05) is 27.7 Å². The molecule has 0 heterocycles. The molecule has 4 N–H and O–H groups in total. The van der Waals surface area contributed by atoms with Gasteiger partial charge < -0.3 is 16.2 Å². The number of carbonyl (C=O) groups is 2. The first-order chi connectivity index (χ1) is 8.34. The lowest BCUT2D eigenvalue weighted by Gasteiger charge is -2.28. The van der Waals surface area contributed by atoms with Crippen molar-refractivity contribution in [3.63, 3.8) is 0 Å². The van der Waals surface area contributed by atoms with Crippen molar-refractivity contribution in [3.8, 4) is 0 Å². The molecule has 106 valence electrons. The molecule has 0 aromatic heterocycles. The average Bonchev–Trinajstić information content (AvgIpc) is 2.31. The number of carbonyl (C=O) groups excluding carboxylic acids is 1. The van der Waals surface area contributed by atoms with Crippen molar-refractivity contribution < 1.29 is 14.7 Å². The molecule has 0 saturated carbocycles. The maximum atomic E-state index is 11.9. The van der Waals surface area contributed by atoms with Crippen LogP contribution in [0.1, 0.15) is 40.5 Å². The van der Waals surface area contributed by atoms with Crippen molar-refractivity contribution in [2.24, 2.45) is 23.0 Å². The molecule has 0 rings (SSSR count). The maximum absolute atomic E-state index is 11.9. The quantitative estimate of drug-likeness (QED) is 0.610. The van der Waals surface area contributed by atoms with Gasteiger partial charge in [0, 0.05) is 13.1 Å². The van der Waals surface area contributed by atoms with Crippen LogP contribution in [0.5, 0.6) is 0 Å². The second kappa shape index (κ2) is 7.36. The van der Waals surface area contributed by atoms with Crippen LogP contribution in [-0.4, -0.2) is 30.1 Å². The standard InChI is InChI=1S/C13H26N2O3/c1-5-13(6-2,12(17)18)8-15-11(16)10(7-14)9(3)4/h9-10H,5-8,14H2,1-4H3,(H,15,16)(H,17,18). The highest BCUT2D eigenvalue weighted by molar-refractivity contribution is 5.81. The van der Waals surface area contributed by atoms with Crippen LogP contribution in [0.2, 0.25) is 0 Å². The third kappa shape index (κ3) is 3.98. The largest absolute Gasteiger partial charge is 0.481 e. The minimum atomic E-state index is -0.869. The fraction of sp³-hybridized carbons (Fsp3) is 0.846. The molecule has 0 radical (unpaired) electrons. The van der Waals surface area contributed by atoms with E-state index in [-0.39, 0.29) is 30.8 Å². The van der Waals surface area contributed by atoms with Gasteiger partial charge in [-0.3, -0.25) is 9.59 Å². The summed E-state index contributed by atoms with van der Waals surface area (Å²) in [5, 5.41) is 12.0. The zero-order chi connectivity index (χ0) is 14.3. The number of nitrogens with two attached hydrogens (primary N) is 1. The first-order valence-electron chi connectivity index (χ1n) is 6.55. The molecule has 0 aliphatic carbocycles. The topological polar surface area (TPSA) is 92.4 Å². The predicted molar refractivity (Wildman–Crippen MR) is 71.0 cm³/mol. The molecule has 0 spiro atoms. The van der Waals surface area contributed by atoms with Gasteiger partial charge in [0.1, 0.15) is 0 Å². The number of carboxylic acid groups (broad SMARTS) is 1. The summed E-state index contributed by atoms with van der Waals surface area (Å²) in [6.07, 6.45) is 0.988. The summed E-state index contributed by atoms with van der Waals surface area (Å²) in [5.74, 6) is -1.12. The Labute approximate surface area is 109 Å². The van der Waals surface area contributed by atoms with E-state index in [4.69, 9.17) is 5.73 Å². The maximum Gasteiger partial charge on any atom is 0.311 e. The SMILES string of the molecule is CCC(CC)(CNC(=O)C(CN)C(C)C)C(=O)O. The molecular weight excluding hydrogens is 232 g/mol. The highest BCUT2D eigenvalue weighted by atomic mass is 16.4. The Hall–Kier alpha value is -1.10. The molecule has 0 aromatic rings. The smallest absolute Gasteiger partial charge is 0.311 e. The molecule has 0 fully saturated rings. The molecule has 18 heavy (non-hydrogen) atoms. The molecular formula is C13H26N2O3. The van der Waals surface area contributed by atoms with Gasteiger partial charge in [0.15, 0.2) is 0 Å². The number of hydrogen-bond acceptors (Lipinski definition) is 3. The first-order valence-corrected chi connectivity index (χ1v) is 6.55. The summed E-state index contributed by atoms with van der Waals surface area (Å²) in [7, 11) is 0. The molecule has 5 nitrogen and oxygen atoms in total. The van der Waals surface area contributed by atoms with Gasteiger partial charge in [-0.25, -0.2) is 0 Å². The zero-order valence-corrected chi connectivity index (χ0v) is 11.8. The second-order valence-electron chi connectivity index (χ2n) is 5.10. The Morgan fingerprint density at radius 1 is 1.28 bits per heavy atom. The van der Waals surface area contributed by atoms with Crippen LogP contribution < -0.4 is 11.1 Å². The predicted octanol–water partition coefficient (Wildman–Crippen LogP) is 1.22. The van der Waals surface area contributed by atoms with E-state index in [1.165, 1.54) is 0 Å². The Bertz CT molecular complexity index is 286. The molecule has 0 aliphatic heterocycles. The summed E-state index contributed by atoms with van der Waals surface area (Å²) in [6.45, 7) is 7.96. The van der Waals surface area contributed by atoms with Gasteiger partial charge >= 0.3 is 5.97 Å². The summed E-state index contributed by atoms with van der Waals surface area (Å²) in [4.78, 5) is 23.2. The van der Waals surface area contributed by atoms with Crippen LogP contribution in [-0.2, 0) is 9.59 Å². The minimum Gasteiger partial charge on any atom is -0.481 e. The fourth-order valence-corrected chi connectivity index (χ4v) is 1.95. The Morgan fingerprint density at radius 2 is 1.78 bits per heavy atom. The number of aliphatic carboxylic acids is 1. The van der Waals surface area contributed by atoms with Crippen LogP contribution in [0.3, 0.4) is 0 Å². The average molecular weight is 258 g/mol. The molecule has 0 aromatic carbocycles. The highest BCUT2D eigenvalue weighted by Crippen LogP contribution is 2.26. The van der Waals surface area contributed by atoms with Gasteiger partial charge in [-0.05, 0) is 18.8 Å². The van der Waals surface area contributed by atoms with Crippen molar-refractivity contribution in [2.75, 3.05) is 13.1 Å². The summed E-state index contributed by atoms with van der Waals surface area (Å²) in [6, 6.07) is 0. The van der Waals surface area contributed by atoms with E-state index in [0.717, 1.165) is 0 Å². The van der Waals surface area contributed by atoms with Gasteiger partial charge in [-0.1, -0.05) is 27.7 Å². The lowest BCUT2D eigenvalue weighted by Crippen LogP contribution is -2.46. The fourth-order valence-electron chi connectivity index (χ4n) is 1.95. The summed E-state index contributed by atoms with van der Waals surface area (Å²) in [5.41, 5.74) is 4.69. The van der Waals surface area contributed by atoms with Crippen LogP contribution in [0.15, 0.2) is 0 Å². The molecule has 5 heteroatoms. The van der Waals surface area contributed by atoms with E-state index in [0.29, 0.717) is 12.8 Å². The van der Waals surface area contributed by atoms with Crippen LogP contribution in [0, 0.1) is 17.3 Å². The first kappa shape index (κ1) is 16.9. The van der Waals surface area contributed by atoms with Gasteiger partial charge in [0.2, 0.25) is 5.91 Å². The van der Waals surface area contributed by atoms with Gasteiger partial charge in [-0.2, -0.15) is 0 Å². The Morgan fingerprint density at radius 3 is 2.06 bits per heavy atom. The molecule has 1 unspecified atom stereocenters. The van der Waals surface area contributed by atoms with Crippen molar-refractivity contribution in [2.45, 2.75) is 40.5 Å². The number of hydrogen-bond donors (Lipinski definition) is 3. The van der Waals surface area contributed by atoms with Crippen LogP contribution in [0.4, 0.5) is 0 Å². The number of carboxylic acids is 1. The van der Waals surface area contributed by atoms with E-state index < -0.39 is 11.4 Å². The summed E-state index contributed by atoms with van der Waals surface area (Å²) < 4.78 is 0. The van der Waals surface area contributed by atoms with Gasteiger partial charge in [-0.15, -0.1) is 0 Å². The van der Waals surface area contributed by atoms with Crippen molar-refractivity contribution >= 4 is 11.9 Å². The van der Waals surface area contributed by atoms with Crippen molar-refractivity contribution in [1.29, 1.82) is 0 Å². The lowest BCUT2D eigenvalue weighted by molar-refractivity contribution is -0.149. The normalized spacial score (nSPS) is 13.4. The number of nitrogens with one attached hydrogen (secondary N) is 1. The lowest BCUT2D eigenvalue weighted by atomic mass is 9.82. The van der Waals surface area contributed by atoms with E-state index in [1.54, 1.807) is 0 Å². The third-order valence-electron chi connectivity index (χ3n) is 3.80. The van der Waals surface area contributed by atoms with Gasteiger partial charge in [0.25, 0.3) is 0 Å². The highest BCUT2D eigenvalue weighted by Gasteiger charge is 2.35. The van der Waals surface area contributed by atoms with Crippen molar-refractivity contribution in [1.82, 2.24) is 5.32 Å². The van der Waals surface area contributed by atoms with Crippen molar-refractivity contribution in [3.05, 3.63) is 0 Å². The molecule has 0 bridgehead atoms. The molecule has 1 atom stereocenters. The zero-order valence-electron chi connectivity index (χ0n) is 11.8. The Kier molecular flexibility index (Phi) is 6.91. The van der Waals surface area contributed by atoms with E-state index in [9.17, 15) is 14.7 Å². The third-order valence-corrected chi connectivity index (χ3v) is 3.80. The van der Waals surface area contributed by atoms with Crippen LogP contribution in [0.25, 0.3) is 0 Å². The number of rotatable bonds is 8. The summed E-state index contributed by atoms with van der Waals surface area (Å²) >= 11 is 0. The van der Waals surface area contributed by atoms with E-state index in [2.05, 4.69) is 5.32 Å². The molecule has 0 aliphatic rings. The molecule has 0 saturated heterocycles. The van der Waals surface area contributed by atoms with E-state index >= 15 is 0 Å². The van der Waals surface area contributed by atoms with Gasteiger partial charge in [0.05, 0.1) is 11.3 Å². The minimum absolute atomic E-state index is 0.150. The monoisotopic (exact) mass is 258 g/mol. The van der Waals surface area contributed by atoms with Crippen LogP contribution >= 0.6 is 0 Å². The second-order valence-corrected chi connectivity index (χ2v) is 5.10. The molecule has 1 amide bonds. The Balaban J connectivity index is 4.63. The number of amides is 1.